The SMILES string of the molecule is CN(C)CCN(C(=O)c1cc2cc([N+](=O)[O-])ccc2s1)c1nc2ccc(Cl)cc2s1.Cl. The highest BCUT2D eigenvalue weighted by Gasteiger charge is 2.23. The summed E-state index contributed by atoms with van der Waals surface area (Å²) in [7, 11) is 3.89. The normalized spacial score (nSPS) is 11.1. The monoisotopic (exact) mass is 496 g/mol. The summed E-state index contributed by atoms with van der Waals surface area (Å²) in [5.41, 5.74) is 0.792. The molecule has 162 valence electrons. The molecular formula is C20H18Cl2N4O3S2. The minimum Gasteiger partial charge on any atom is -0.308 e. The van der Waals surface area contributed by atoms with E-state index in [0.29, 0.717) is 33.5 Å². The molecule has 0 aliphatic heterocycles. The summed E-state index contributed by atoms with van der Waals surface area (Å²) in [4.78, 5) is 32.8. The molecule has 2 aromatic carbocycles. The molecule has 0 bridgehead atoms. The van der Waals surface area contributed by atoms with Crippen molar-refractivity contribution in [3.63, 3.8) is 0 Å². The number of likely N-dealkylation sites (N-methyl/N-ethyl adjacent to an activating group) is 1. The van der Waals surface area contributed by atoms with Crippen LogP contribution >= 0.6 is 46.7 Å². The van der Waals surface area contributed by atoms with Gasteiger partial charge in [-0.05, 0) is 44.4 Å². The zero-order chi connectivity index (χ0) is 21.4. The zero-order valence-electron chi connectivity index (χ0n) is 16.6. The van der Waals surface area contributed by atoms with Crippen LogP contribution in [-0.2, 0) is 0 Å². The summed E-state index contributed by atoms with van der Waals surface area (Å²) >= 11 is 8.83. The maximum absolute atomic E-state index is 13.4. The van der Waals surface area contributed by atoms with E-state index >= 15 is 0 Å². The predicted octanol–water partition coefficient (Wildman–Crippen LogP) is 5.70. The Bertz CT molecular complexity index is 1270. The highest BCUT2D eigenvalue weighted by Crippen LogP contribution is 2.34. The molecule has 0 unspecified atom stereocenters. The van der Waals surface area contributed by atoms with E-state index in [1.54, 1.807) is 23.1 Å². The summed E-state index contributed by atoms with van der Waals surface area (Å²) in [6.45, 7) is 1.13. The Labute approximate surface area is 197 Å². The number of hydrogen-bond acceptors (Lipinski definition) is 7. The Kier molecular flexibility index (Phi) is 7.13. The number of non-ortho nitro benzene ring substituents is 1. The smallest absolute Gasteiger partial charge is 0.270 e. The number of anilines is 1. The number of aromatic nitrogens is 1. The highest BCUT2D eigenvalue weighted by molar-refractivity contribution is 7.23. The number of nitro benzene ring substituents is 1. The van der Waals surface area contributed by atoms with Gasteiger partial charge in [-0.25, -0.2) is 4.98 Å². The van der Waals surface area contributed by atoms with Crippen molar-refractivity contribution in [1.29, 1.82) is 0 Å². The van der Waals surface area contributed by atoms with Crippen LogP contribution in [0.25, 0.3) is 20.3 Å². The molecule has 7 nitrogen and oxygen atoms in total. The molecule has 0 fully saturated rings. The van der Waals surface area contributed by atoms with E-state index in [0.717, 1.165) is 14.9 Å². The van der Waals surface area contributed by atoms with Gasteiger partial charge in [0.1, 0.15) is 0 Å². The van der Waals surface area contributed by atoms with E-state index in [1.165, 1.54) is 34.8 Å². The van der Waals surface area contributed by atoms with Crippen molar-refractivity contribution in [3.05, 3.63) is 62.5 Å². The third-order valence-corrected chi connectivity index (χ3v) is 6.89. The van der Waals surface area contributed by atoms with Crippen LogP contribution in [0.5, 0.6) is 0 Å². The average Bonchev–Trinajstić information content (AvgIpc) is 3.30. The van der Waals surface area contributed by atoms with Gasteiger partial charge in [-0.2, -0.15) is 0 Å². The summed E-state index contributed by atoms with van der Waals surface area (Å²) in [5.74, 6) is -0.175. The zero-order valence-corrected chi connectivity index (χ0v) is 19.8. The number of carbonyl (C=O) groups is 1. The van der Waals surface area contributed by atoms with Crippen molar-refractivity contribution >= 4 is 83.7 Å². The lowest BCUT2D eigenvalue weighted by Gasteiger charge is -2.21. The number of halogens is 2. The van der Waals surface area contributed by atoms with Gasteiger partial charge >= 0.3 is 0 Å². The molecule has 0 aliphatic carbocycles. The number of nitrogens with zero attached hydrogens (tertiary/aromatic N) is 4. The number of fused-ring (bicyclic) bond motifs is 2. The van der Waals surface area contributed by atoms with E-state index in [2.05, 4.69) is 4.98 Å². The van der Waals surface area contributed by atoms with Crippen molar-refractivity contribution in [2.75, 3.05) is 32.1 Å². The Morgan fingerprint density at radius 1 is 1.10 bits per heavy atom. The van der Waals surface area contributed by atoms with E-state index in [9.17, 15) is 14.9 Å². The summed E-state index contributed by atoms with van der Waals surface area (Å²) < 4.78 is 1.74. The number of thiophene rings is 1. The van der Waals surface area contributed by atoms with Crippen molar-refractivity contribution in [3.8, 4) is 0 Å². The Morgan fingerprint density at radius 2 is 1.87 bits per heavy atom. The second kappa shape index (κ2) is 9.46. The van der Waals surface area contributed by atoms with Gasteiger partial charge in [0.15, 0.2) is 5.13 Å². The lowest BCUT2D eigenvalue weighted by molar-refractivity contribution is -0.384. The number of rotatable bonds is 6. The van der Waals surface area contributed by atoms with E-state index in [4.69, 9.17) is 11.6 Å². The Morgan fingerprint density at radius 3 is 2.58 bits per heavy atom. The second-order valence-electron chi connectivity index (χ2n) is 6.96. The number of benzene rings is 2. The van der Waals surface area contributed by atoms with Crippen LogP contribution in [0, 0.1) is 10.1 Å². The fourth-order valence-electron chi connectivity index (χ4n) is 2.97. The van der Waals surface area contributed by atoms with Crippen LogP contribution in [0.2, 0.25) is 5.02 Å². The molecule has 2 heterocycles. The minimum absolute atomic E-state index is 0. The molecule has 31 heavy (non-hydrogen) atoms. The van der Waals surface area contributed by atoms with Crippen molar-refractivity contribution < 1.29 is 9.72 Å². The number of carbonyl (C=O) groups excluding carboxylic acids is 1. The first kappa shape index (κ1) is 23.4. The van der Waals surface area contributed by atoms with Crippen molar-refractivity contribution in [2.24, 2.45) is 0 Å². The van der Waals surface area contributed by atoms with Gasteiger partial charge in [-0.1, -0.05) is 22.9 Å². The third kappa shape index (κ3) is 4.97. The molecule has 11 heteroatoms. The molecule has 0 N–H and O–H groups in total. The third-order valence-electron chi connectivity index (χ3n) is 4.51. The first-order chi connectivity index (χ1) is 14.3. The van der Waals surface area contributed by atoms with Crippen molar-refractivity contribution in [1.82, 2.24) is 9.88 Å². The molecule has 4 aromatic rings. The minimum atomic E-state index is -0.436. The number of amides is 1. The maximum Gasteiger partial charge on any atom is 0.270 e. The second-order valence-corrected chi connectivity index (χ2v) is 9.49. The van der Waals surface area contributed by atoms with Gasteiger partial charge in [0.05, 0.1) is 20.0 Å². The van der Waals surface area contributed by atoms with E-state index < -0.39 is 4.92 Å². The predicted molar refractivity (Wildman–Crippen MR) is 131 cm³/mol. The largest absolute Gasteiger partial charge is 0.308 e. The summed E-state index contributed by atoms with van der Waals surface area (Å²) in [6, 6.07) is 11.8. The number of thiazole rings is 1. The number of nitro groups is 1. The quantitative estimate of drug-likeness (QED) is 0.252. The van der Waals surface area contributed by atoms with Gasteiger partial charge in [0, 0.05) is 40.3 Å². The van der Waals surface area contributed by atoms with E-state index in [-0.39, 0.29) is 24.0 Å². The van der Waals surface area contributed by atoms with Crippen LogP contribution in [0.3, 0.4) is 0 Å². The molecule has 0 spiro atoms. The maximum atomic E-state index is 13.4. The van der Waals surface area contributed by atoms with Crippen LogP contribution in [0.4, 0.5) is 10.8 Å². The van der Waals surface area contributed by atoms with Gasteiger partial charge < -0.3 is 4.90 Å². The lowest BCUT2D eigenvalue weighted by Crippen LogP contribution is -2.36. The average molecular weight is 497 g/mol. The van der Waals surface area contributed by atoms with Crippen LogP contribution in [0.15, 0.2) is 42.5 Å². The van der Waals surface area contributed by atoms with Crippen molar-refractivity contribution in [2.45, 2.75) is 0 Å². The standard InChI is InChI=1S/C20H17ClN4O3S2.ClH/c1-23(2)7-8-24(20-22-15-5-3-13(21)11-17(15)30-20)19(26)18-10-12-9-14(25(27)28)4-6-16(12)29-18;/h3-6,9-11H,7-8H2,1-2H3;1H. The van der Waals surface area contributed by atoms with Gasteiger partial charge in [0.25, 0.3) is 11.6 Å². The molecule has 0 radical (unpaired) electrons. The molecular weight excluding hydrogens is 479 g/mol. The van der Waals surface area contributed by atoms with Gasteiger partial charge in [-0.3, -0.25) is 19.8 Å². The fourth-order valence-corrected chi connectivity index (χ4v) is 5.23. The Balaban J connectivity index is 0.00000272. The van der Waals surface area contributed by atoms with Crippen LogP contribution in [-0.4, -0.2) is 47.9 Å². The first-order valence-electron chi connectivity index (χ1n) is 9.02. The highest BCUT2D eigenvalue weighted by atomic mass is 35.5. The van der Waals surface area contributed by atoms with E-state index in [1.807, 2.05) is 31.1 Å². The fraction of sp³-hybridized carbons (Fsp3) is 0.200. The van der Waals surface area contributed by atoms with Crippen LogP contribution in [0.1, 0.15) is 9.67 Å². The molecule has 2 aromatic heterocycles. The topological polar surface area (TPSA) is 79.6 Å². The summed E-state index contributed by atoms with van der Waals surface area (Å²) in [6.07, 6.45) is 0. The molecule has 4 rings (SSSR count). The lowest BCUT2D eigenvalue weighted by atomic mass is 10.2. The molecule has 1 amide bonds. The number of hydrogen-bond donors (Lipinski definition) is 0. The van der Waals surface area contributed by atoms with Crippen LogP contribution < -0.4 is 4.90 Å². The molecule has 0 saturated carbocycles. The summed E-state index contributed by atoms with van der Waals surface area (Å²) in [5, 5.41) is 13.0. The Hall–Kier alpha value is -2.30. The van der Waals surface area contributed by atoms with Gasteiger partial charge in [-0.15, -0.1) is 23.7 Å². The molecule has 0 saturated heterocycles. The first-order valence-corrected chi connectivity index (χ1v) is 11.0. The molecule has 0 atom stereocenters. The van der Waals surface area contributed by atoms with Gasteiger partial charge in [0.2, 0.25) is 0 Å². The molecule has 0 aliphatic rings.